The second-order valence-electron chi connectivity index (χ2n) is 5.32. The molecule has 20 heavy (non-hydrogen) atoms. The molecule has 0 spiro atoms. The van der Waals surface area contributed by atoms with Crippen molar-refractivity contribution in [2.75, 3.05) is 30.1 Å². The third kappa shape index (κ3) is 2.78. The number of hydrogen-bond donors (Lipinski definition) is 1. The number of benzene rings is 2. The van der Waals surface area contributed by atoms with E-state index >= 15 is 0 Å². The number of fused-ring (bicyclic) bond motifs is 1. The summed E-state index contributed by atoms with van der Waals surface area (Å²) in [6.45, 7) is 0. The number of rotatable bonds is 3. The van der Waals surface area contributed by atoms with Crippen LogP contribution in [0, 0.1) is 0 Å². The normalized spacial score (nSPS) is 17.4. The Morgan fingerprint density at radius 2 is 1.95 bits per heavy atom. The Hall–Kier alpha value is -1.61. The van der Waals surface area contributed by atoms with E-state index in [4.69, 9.17) is 0 Å². The average Bonchev–Trinajstić information content (AvgIpc) is 2.48. The first-order chi connectivity index (χ1) is 9.74. The topological polar surface area (TPSA) is 15.3 Å². The lowest BCUT2D eigenvalue weighted by Crippen LogP contribution is -2.16. The summed E-state index contributed by atoms with van der Waals surface area (Å²) in [6.07, 6.45) is 1.17. The molecule has 104 valence electrons. The Morgan fingerprint density at radius 1 is 1.10 bits per heavy atom. The third-order valence-corrected chi connectivity index (χ3v) is 4.78. The summed E-state index contributed by atoms with van der Waals surface area (Å²) in [5.41, 5.74) is 3.86. The highest BCUT2D eigenvalue weighted by molar-refractivity contribution is 7.99. The van der Waals surface area contributed by atoms with Crippen molar-refractivity contribution < 1.29 is 0 Å². The number of anilines is 2. The highest BCUT2D eigenvalue weighted by Gasteiger charge is 2.19. The standard InChI is InChI=1S/C17H20N2S/c1-19(2)14-7-5-6-13(12-14)18-16-10-11-20-17-9-4-3-8-15(16)17/h3-9,12,16,18H,10-11H2,1-2H3. The molecule has 1 aliphatic rings. The summed E-state index contributed by atoms with van der Waals surface area (Å²) >= 11 is 1.96. The summed E-state index contributed by atoms with van der Waals surface area (Å²) in [4.78, 5) is 3.55. The minimum Gasteiger partial charge on any atom is -0.378 e. The molecule has 3 heteroatoms. The van der Waals surface area contributed by atoms with Crippen LogP contribution in [0.25, 0.3) is 0 Å². The summed E-state index contributed by atoms with van der Waals surface area (Å²) in [5, 5.41) is 3.69. The van der Waals surface area contributed by atoms with Gasteiger partial charge >= 0.3 is 0 Å². The zero-order chi connectivity index (χ0) is 13.9. The Balaban J connectivity index is 1.84. The van der Waals surface area contributed by atoms with Crippen molar-refractivity contribution in [2.24, 2.45) is 0 Å². The van der Waals surface area contributed by atoms with Crippen molar-refractivity contribution in [3.8, 4) is 0 Å². The molecule has 1 unspecified atom stereocenters. The quantitative estimate of drug-likeness (QED) is 0.899. The maximum absolute atomic E-state index is 3.69. The van der Waals surface area contributed by atoms with Crippen LogP contribution >= 0.6 is 11.8 Å². The molecule has 1 atom stereocenters. The van der Waals surface area contributed by atoms with Crippen molar-refractivity contribution in [2.45, 2.75) is 17.4 Å². The SMILES string of the molecule is CN(C)c1cccc(NC2CCSc3ccccc32)c1. The number of nitrogens with one attached hydrogen (secondary N) is 1. The van der Waals surface area contributed by atoms with Crippen LogP contribution in [0.4, 0.5) is 11.4 Å². The molecule has 1 aliphatic heterocycles. The second kappa shape index (κ2) is 5.80. The molecule has 1 N–H and O–H groups in total. The lowest BCUT2D eigenvalue weighted by Gasteiger charge is -2.27. The van der Waals surface area contributed by atoms with Gasteiger partial charge in [0.15, 0.2) is 0 Å². The van der Waals surface area contributed by atoms with Crippen molar-refractivity contribution in [3.63, 3.8) is 0 Å². The van der Waals surface area contributed by atoms with E-state index in [0.29, 0.717) is 6.04 Å². The first-order valence-corrected chi connectivity index (χ1v) is 7.98. The predicted molar refractivity (Wildman–Crippen MR) is 88.9 cm³/mol. The fourth-order valence-corrected chi connectivity index (χ4v) is 3.69. The highest BCUT2D eigenvalue weighted by atomic mass is 32.2. The highest BCUT2D eigenvalue weighted by Crippen LogP contribution is 2.37. The third-order valence-electron chi connectivity index (χ3n) is 3.66. The Bertz CT molecular complexity index is 595. The molecule has 0 fully saturated rings. The van der Waals surface area contributed by atoms with Crippen LogP contribution < -0.4 is 10.2 Å². The van der Waals surface area contributed by atoms with Crippen LogP contribution in [0.1, 0.15) is 18.0 Å². The summed E-state index contributed by atoms with van der Waals surface area (Å²) < 4.78 is 0. The Kier molecular flexibility index (Phi) is 3.88. The van der Waals surface area contributed by atoms with Gasteiger partial charge < -0.3 is 10.2 Å². The zero-order valence-electron chi connectivity index (χ0n) is 12.0. The molecule has 0 aromatic heterocycles. The van der Waals surface area contributed by atoms with Crippen molar-refractivity contribution >= 4 is 23.1 Å². The van der Waals surface area contributed by atoms with Crippen LogP contribution in [-0.2, 0) is 0 Å². The van der Waals surface area contributed by atoms with Gasteiger partial charge in [0.1, 0.15) is 0 Å². The Morgan fingerprint density at radius 3 is 2.80 bits per heavy atom. The van der Waals surface area contributed by atoms with Crippen LogP contribution in [0.15, 0.2) is 53.4 Å². The number of thioether (sulfide) groups is 1. The van der Waals surface area contributed by atoms with E-state index in [-0.39, 0.29) is 0 Å². The van der Waals surface area contributed by atoms with Gasteiger partial charge in [0, 0.05) is 36.1 Å². The molecule has 0 amide bonds. The van der Waals surface area contributed by atoms with E-state index < -0.39 is 0 Å². The molecule has 0 radical (unpaired) electrons. The van der Waals surface area contributed by atoms with Gasteiger partial charge in [-0.05, 0) is 36.2 Å². The summed E-state index contributed by atoms with van der Waals surface area (Å²) in [7, 11) is 4.15. The molecule has 2 aromatic carbocycles. The minimum absolute atomic E-state index is 0.421. The molecule has 0 aliphatic carbocycles. The fourth-order valence-electron chi connectivity index (χ4n) is 2.57. The van der Waals surface area contributed by atoms with E-state index in [1.54, 1.807) is 0 Å². The van der Waals surface area contributed by atoms with Gasteiger partial charge in [0.05, 0.1) is 6.04 Å². The van der Waals surface area contributed by atoms with Gasteiger partial charge in [-0.25, -0.2) is 0 Å². The van der Waals surface area contributed by atoms with Crippen molar-refractivity contribution in [1.29, 1.82) is 0 Å². The van der Waals surface area contributed by atoms with Gasteiger partial charge in [-0.3, -0.25) is 0 Å². The van der Waals surface area contributed by atoms with E-state index in [0.717, 1.165) is 0 Å². The predicted octanol–water partition coefficient (Wildman–Crippen LogP) is 4.40. The smallest absolute Gasteiger partial charge is 0.0532 e. The van der Waals surface area contributed by atoms with Crippen molar-refractivity contribution in [1.82, 2.24) is 0 Å². The van der Waals surface area contributed by atoms with Crippen molar-refractivity contribution in [3.05, 3.63) is 54.1 Å². The lowest BCUT2D eigenvalue weighted by molar-refractivity contribution is 0.728. The molecular formula is C17H20N2S. The lowest BCUT2D eigenvalue weighted by atomic mass is 10.0. The second-order valence-corrected chi connectivity index (χ2v) is 6.45. The van der Waals surface area contributed by atoms with E-state index in [2.05, 4.69) is 72.8 Å². The zero-order valence-corrected chi connectivity index (χ0v) is 12.8. The fraction of sp³-hybridized carbons (Fsp3) is 0.294. The first kappa shape index (κ1) is 13.4. The molecule has 1 heterocycles. The Labute approximate surface area is 125 Å². The van der Waals surface area contributed by atoms with Gasteiger partial charge in [-0.1, -0.05) is 24.3 Å². The molecule has 2 aromatic rings. The largest absolute Gasteiger partial charge is 0.378 e. The van der Waals surface area contributed by atoms with Crippen LogP contribution in [0.5, 0.6) is 0 Å². The van der Waals surface area contributed by atoms with Gasteiger partial charge in [-0.15, -0.1) is 11.8 Å². The summed E-state index contributed by atoms with van der Waals surface area (Å²) in [6, 6.07) is 17.8. The van der Waals surface area contributed by atoms with E-state index in [1.165, 1.54) is 34.0 Å². The van der Waals surface area contributed by atoms with Crippen LogP contribution in [0.2, 0.25) is 0 Å². The molecule has 2 nitrogen and oxygen atoms in total. The number of hydrogen-bond acceptors (Lipinski definition) is 3. The van der Waals surface area contributed by atoms with Gasteiger partial charge in [0.25, 0.3) is 0 Å². The van der Waals surface area contributed by atoms with E-state index in [9.17, 15) is 0 Å². The summed E-state index contributed by atoms with van der Waals surface area (Å²) in [5.74, 6) is 1.18. The van der Waals surface area contributed by atoms with Crippen LogP contribution in [0.3, 0.4) is 0 Å². The van der Waals surface area contributed by atoms with Crippen LogP contribution in [-0.4, -0.2) is 19.8 Å². The maximum Gasteiger partial charge on any atom is 0.0532 e. The minimum atomic E-state index is 0.421. The first-order valence-electron chi connectivity index (χ1n) is 7.00. The monoisotopic (exact) mass is 284 g/mol. The number of nitrogens with zero attached hydrogens (tertiary/aromatic N) is 1. The van der Waals surface area contributed by atoms with Gasteiger partial charge in [0.2, 0.25) is 0 Å². The molecule has 0 saturated heterocycles. The molecular weight excluding hydrogens is 264 g/mol. The van der Waals surface area contributed by atoms with Gasteiger partial charge in [-0.2, -0.15) is 0 Å². The molecule has 0 bridgehead atoms. The maximum atomic E-state index is 3.69. The van der Waals surface area contributed by atoms with E-state index in [1.807, 2.05) is 11.8 Å². The molecule has 0 saturated carbocycles. The average molecular weight is 284 g/mol. The molecule has 3 rings (SSSR count).